The van der Waals surface area contributed by atoms with Crippen molar-refractivity contribution in [1.29, 1.82) is 0 Å². The third kappa shape index (κ3) is 20.8. The van der Waals surface area contributed by atoms with Crippen LogP contribution in [0.25, 0.3) is 0 Å². The van der Waals surface area contributed by atoms with Crippen LogP contribution in [-0.4, -0.2) is 33.8 Å². The number of carbonyl (C=O) groups excluding carboxylic acids is 4. The van der Waals surface area contributed by atoms with E-state index in [2.05, 4.69) is 34.2 Å². The van der Waals surface area contributed by atoms with Crippen LogP contribution < -0.4 is 20.4 Å². The van der Waals surface area contributed by atoms with E-state index in [1.807, 2.05) is 24.8 Å². The summed E-state index contributed by atoms with van der Waals surface area (Å²) in [6.45, 7) is 0. The summed E-state index contributed by atoms with van der Waals surface area (Å²) in [6.07, 6.45) is 9.46. The van der Waals surface area contributed by atoms with E-state index in [9.17, 15) is 39.6 Å². The summed E-state index contributed by atoms with van der Waals surface area (Å²) < 4.78 is 0. The number of hydrogen-bond donors (Lipinski definition) is 0. The van der Waals surface area contributed by atoms with Gasteiger partial charge in [0.2, 0.25) is 0 Å². The molecule has 2 heterocycles. The first-order valence-electron chi connectivity index (χ1n) is 15.0. The van der Waals surface area contributed by atoms with Gasteiger partial charge in [-0.2, -0.15) is 0 Å². The zero-order chi connectivity index (χ0) is 36.4. The fourth-order valence-corrected chi connectivity index (χ4v) is 3.68. The minimum Gasteiger partial charge on any atom is -0.545 e. The van der Waals surface area contributed by atoms with Crippen LogP contribution in [0.5, 0.6) is 0 Å². The van der Waals surface area contributed by atoms with Crippen molar-refractivity contribution in [3.63, 3.8) is 0 Å². The Labute approximate surface area is 330 Å². The average Bonchev–Trinajstić information content (AvgIpc) is 3.17. The van der Waals surface area contributed by atoms with Gasteiger partial charge in [-0.3, -0.25) is 9.97 Å². The molecule has 0 spiro atoms. The minimum atomic E-state index is -1.13. The maximum Gasteiger partial charge on any atom is 2.00 e. The number of nitrogens with zero attached hydrogens (tertiary/aromatic N) is 2. The SMILES string of the molecule is O=C([O-])c1ccccc1.O=C([O-])c1ccccc1.O=C([O-])c1ccccc1.O=C([O-])c1ccccc1.[Mo+2].[Mo+2].c1cc(CCc2ccncc2)ccn1. The molecule has 0 saturated heterocycles. The Hall–Kier alpha value is -5.56. The Bertz CT molecular complexity index is 1600. The fraction of sp³-hybridized carbons (Fsp3) is 0.0500. The predicted octanol–water partition coefficient (Wildman–Crippen LogP) is 2.46. The summed E-state index contributed by atoms with van der Waals surface area (Å²) in [5, 5.41) is 40.4. The van der Waals surface area contributed by atoms with Crippen molar-refractivity contribution in [2.45, 2.75) is 12.8 Å². The predicted molar refractivity (Wildman–Crippen MR) is 179 cm³/mol. The first kappa shape index (κ1) is 46.4. The molecule has 0 saturated carbocycles. The molecule has 12 heteroatoms. The second kappa shape index (κ2) is 28.2. The van der Waals surface area contributed by atoms with Crippen molar-refractivity contribution in [3.8, 4) is 0 Å². The Kier molecular flexibility index (Phi) is 25.2. The molecule has 0 bridgehead atoms. The van der Waals surface area contributed by atoms with Crippen molar-refractivity contribution >= 4 is 23.9 Å². The summed E-state index contributed by atoms with van der Waals surface area (Å²) in [4.78, 5) is 48.3. The number of carbonyl (C=O) groups is 4. The van der Waals surface area contributed by atoms with Crippen molar-refractivity contribution in [2.75, 3.05) is 0 Å². The topological polar surface area (TPSA) is 186 Å². The molecule has 52 heavy (non-hydrogen) atoms. The van der Waals surface area contributed by atoms with Gasteiger partial charge in [0.15, 0.2) is 0 Å². The van der Waals surface area contributed by atoms with Gasteiger partial charge in [0.1, 0.15) is 0 Å². The van der Waals surface area contributed by atoms with Crippen LogP contribution in [0.3, 0.4) is 0 Å². The van der Waals surface area contributed by atoms with Crippen molar-refractivity contribution in [2.24, 2.45) is 0 Å². The Balaban J connectivity index is 0.000000628. The minimum absolute atomic E-state index is 0. The monoisotopic (exact) mass is 864 g/mol. The molecule has 6 aromatic rings. The van der Waals surface area contributed by atoms with Crippen molar-refractivity contribution in [3.05, 3.63) is 204 Å². The fourth-order valence-electron chi connectivity index (χ4n) is 3.68. The maximum atomic E-state index is 10.1. The van der Waals surface area contributed by atoms with Crippen LogP contribution in [0.1, 0.15) is 52.6 Å². The van der Waals surface area contributed by atoms with Gasteiger partial charge in [-0.05, 0) is 70.5 Å². The molecule has 0 radical (unpaired) electrons. The van der Waals surface area contributed by atoms with Crippen LogP contribution >= 0.6 is 0 Å². The molecule has 0 N–H and O–H groups in total. The number of aromatic carboxylic acids is 4. The molecule has 6 rings (SSSR count). The molecule has 2 aromatic heterocycles. The number of hydrogen-bond acceptors (Lipinski definition) is 10. The average molecular weight is 861 g/mol. The molecule has 0 aliphatic heterocycles. The normalized spacial score (nSPS) is 8.85. The van der Waals surface area contributed by atoms with Gasteiger partial charge in [-0.15, -0.1) is 0 Å². The number of aromatic nitrogens is 2. The number of aryl methyl sites for hydroxylation is 2. The summed E-state index contributed by atoms with van der Waals surface area (Å²) >= 11 is 0. The van der Waals surface area contributed by atoms with E-state index in [0.29, 0.717) is 0 Å². The van der Waals surface area contributed by atoms with Gasteiger partial charge < -0.3 is 39.6 Å². The quantitative estimate of drug-likeness (QED) is 0.216. The molecule has 0 fully saturated rings. The van der Waals surface area contributed by atoms with E-state index in [1.54, 1.807) is 72.8 Å². The van der Waals surface area contributed by atoms with E-state index in [0.717, 1.165) is 12.8 Å². The molecule has 0 amide bonds. The van der Waals surface area contributed by atoms with Crippen LogP contribution in [0.15, 0.2) is 170 Å². The molecular weight excluding hydrogens is 828 g/mol. The van der Waals surface area contributed by atoms with Crippen molar-refractivity contribution in [1.82, 2.24) is 9.97 Å². The summed E-state index contributed by atoms with van der Waals surface area (Å²) in [6, 6.07) is 40.5. The molecule has 0 aliphatic rings. The largest absolute Gasteiger partial charge is 2.00 e. The molecule has 0 unspecified atom stereocenters. The number of rotatable bonds is 7. The van der Waals surface area contributed by atoms with Crippen molar-refractivity contribution < 1.29 is 81.7 Å². The number of carboxylic acid groups (broad SMARTS) is 4. The van der Waals surface area contributed by atoms with Gasteiger partial charge in [-0.1, -0.05) is 121 Å². The summed E-state index contributed by atoms with van der Waals surface area (Å²) in [7, 11) is 0. The van der Waals surface area contributed by atoms with Crippen LogP contribution in [0.2, 0.25) is 0 Å². The van der Waals surface area contributed by atoms with E-state index < -0.39 is 23.9 Å². The zero-order valence-corrected chi connectivity index (χ0v) is 31.6. The van der Waals surface area contributed by atoms with Gasteiger partial charge >= 0.3 is 42.1 Å². The van der Waals surface area contributed by atoms with Gasteiger partial charge in [0.05, 0.1) is 23.9 Å². The number of pyridine rings is 2. The zero-order valence-electron chi connectivity index (χ0n) is 27.6. The van der Waals surface area contributed by atoms with E-state index >= 15 is 0 Å². The Morgan fingerprint density at radius 2 is 0.538 bits per heavy atom. The second-order valence-corrected chi connectivity index (χ2v) is 9.82. The first-order chi connectivity index (χ1) is 24.2. The first-order valence-corrected chi connectivity index (χ1v) is 15.0. The molecular formula is C40H32Mo2N2O8. The van der Waals surface area contributed by atoms with Gasteiger partial charge in [0, 0.05) is 24.8 Å². The standard InChI is InChI=1S/C12H12N2.4C7H6O2.2Mo/c1(11-3-7-13-8-4-11)2-12-5-9-14-10-6-12;4*8-7(9)6-4-2-1-3-5-6;;/h3-10H,1-2H2;4*1-5H,(H,8,9);;/q;;;;;2*+2/p-4. The van der Waals surface area contributed by atoms with Crippen LogP contribution in [0, 0.1) is 0 Å². The van der Waals surface area contributed by atoms with E-state index in [4.69, 9.17) is 0 Å². The number of benzene rings is 4. The van der Waals surface area contributed by atoms with E-state index in [-0.39, 0.29) is 64.4 Å². The van der Waals surface area contributed by atoms with E-state index in [1.165, 1.54) is 59.7 Å². The molecule has 0 aliphatic carbocycles. The molecule has 262 valence electrons. The Morgan fingerprint density at radius 3 is 0.692 bits per heavy atom. The third-order valence-corrected chi connectivity index (χ3v) is 6.24. The van der Waals surface area contributed by atoms with Gasteiger partial charge in [-0.25, -0.2) is 0 Å². The van der Waals surface area contributed by atoms with Crippen LogP contribution in [-0.2, 0) is 55.0 Å². The number of carboxylic acids is 4. The smallest absolute Gasteiger partial charge is 0.545 e. The molecule has 10 nitrogen and oxygen atoms in total. The second-order valence-electron chi connectivity index (χ2n) is 9.82. The van der Waals surface area contributed by atoms with Crippen LogP contribution in [0.4, 0.5) is 0 Å². The third-order valence-electron chi connectivity index (χ3n) is 6.24. The van der Waals surface area contributed by atoms with Gasteiger partial charge in [0.25, 0.3) is 0 Å². The Morgan fingerprint density at radius 1 is 0.346 bits per heavy atom. The molecule has 0 atom stereocenters. The molecule has 4 aromatic carbocycles. The summed E-state index contributed by atoms with van der Waals surface area (Å²) in [5.74, 6) is -4.52. The maximum absolute atomic E-state index is 10.1. The summed E-state index contributed by atoms with van der Waals surface area (Å²) in [5.41, 5.74) is 3.54.